The van der Waals surface area contributed by atoms with Crippen LogP contribution in [0.4, 0.5) is 5.82 Å². The molecule has 2 unspecified atom stereocenters. The normalized spacial score (nSPS) is 26.9. The van der Waals surface area contributed by atoms with E-state index < -0.39 is 0 Å². The number of aromatic nitrogens is 1. The maximum atomic E-state index is 5.83. The van der Waals surface area contributed by atoms with Crippen LogP contribution in [0, 0.1) is 5.92 Å². The Morgan fingerprint density at radius 3 is 2.71 bits per heavy atom. The molecule has 1 saturated heterocycles. The van der Waals surface area contributed by atoms with Crippen molar-refractivity contribution in [3.63, 3.8) is 0 Å². The highest BCUT2D eigenvalue weighted by Gasteiger charge is 2.23. The number of nitrogens with two attached hydrogens (primary N) is 1. The van der Waals surface area contributed by atoms with Crippen LogP contribution >= 0.6 is 0 Å². The zero-order valence-corrected chi connectivity index (χ0v) is 11.1. The third kappa shape index (κ3) is 2.78. The summed E-state index contributed by atoms with van der Waals surface area (Å²) in [5, 5.41) is 0. The quantitative estimate of drug-likeness (QED) is 0.854. The van der Waals surface area contributed by atoms with E-state index in [1.807, 2.05) is 13.1 Å². The van der Waals surface area contributed by atoms with Crippen molar-refractivity contribution in [2.45, 2.75) is 45.7 Å². The zero-order chi connectivity index (χ0) is 12.4. The van der Waals surface area contributed by atoms with Crippen molar-refractivity contribution in [2.24, 2.45) is 11.7 Å². The van der Waals surface area contributed by atoms with Gasteiger partial charge in [0.05, 0.1) is 0 Å². The largest absolute Gasteiger partial charge is 0.354 e. The Hall–Kier alpha value is -1.09. The van der Waals surface area contributed by atoms with E-state index in [-0.39, 0.29) is 6.04 Å². The van der Waals surface area contributed by atoms with Crippen molar-refractivity contribution >= 4 is 5.82 Å². The molecule has 2 rings (SSSR count). The average Bonchev–Trinajstić information content (AvgIpc) is 2.29. The second-order valence-electron chi connectivity index (χ2n) is 5.41. The van der Waals surface area contributed by atoms with E-state index in [4.69, 9.17) is 5.73 Å². The van der Waals surface area contributed by atoms with Gasteiger partial charge in [0.15, 0.2) is 0 Å². The summed E-state index contributed by atoms with van der Waals surface area (Å²) in [6, 6.07) is 4.85. The molecule has 0 amide bonds. The summed E-state index contributed by atoms with van der Waals surface area (Å²) in [4.78, 5) is 6.95. The van der Waals surface area contributed by atoms with Gasteiger partial charge in [0.2, 0.25) is 0 Å². The van der Waals surface area contributed by atoms with E-state index in [2.05, 4.69) is 35.9 Å². The SMILES string of the molecule is CC1CCN(c2ccc([C@H](C)N)cn2)C(C)C1. The minimum atomic E-state index is 0.0651. The number of rotatable bonds is 2. The van der Waals surface area contributed by atoms with Crippen LogP contribution in [0.2, 0.25) is 0 Å². The van der Waals surface area contributed by atoms with Gasteiger partial charge < -0.3 is 10.6 Å². The lowest BCUT2D eigenvalue weighted by molar-refractivity contribution is 0.376. The first kappa shape index (κ1) is 12.4. The first-order valence-electron chi connectivity index (χ1n) is 6.56. The molecule has 0 radical (unpaired) electrons. The van der Waals surface area contributed by atoms with Crippen LogP contribution < -0.4 is 10.6 Å². The molecule has 1 aromatic rings. The van der Waals surface area contributed by atoms with Gasteiger partial charge in [0.1, 0.15) is 5.82 Å². The predicted octanol–water partition coefficient (Wildman–Crippen LogP) is 2.73. The summed E-state index contributed by atoms with van der Waals surface area (Å²) in [6.07, 6.45) is 4.43. The van der Waals surface area contributed by atoms with Crippen LogP contribution in [0.5, 0.6) is 0 Å². The number of hydrogen-bond acceptors (Lipinski definition) is 3. The van der Waals surface area contributed by atoms with Crippen molar-refractivity contribution in [2.75, 3.05) is 11.4 Å². The van der Waals surface area contributed by atoms with Gasteiger partial charge >= 0.3 is 0 Å². The lowest BCUT2D eigenvalue weighted by atomic mass is 9.93. The van der Waals surface area contributed by atoms with Crippen LogP contribution in [0.15, 0.2) is 18.3 Å². The maximum absolute atomic E-state index is 5.83. The van der Waals surface area contributed by atoms with Gasteiger partial charge in [-0.25, -0.2) is 4.98 Å². The molecule has 0 aliphatic carbocycles. The number of nitrogens with zero attached hydrogens (tertiary/aromatic N) is 2. The minimum Gasteiger partial charge on any atom is -0.354 e. The number of piperidine rings is 1. The first-order valence-corrected chi connectivity index (χ1v) is 6.56. The lowest BCUT2D eigenvalue weighted by Gasteiger charge is -2.37. The molecule has 2 heterocycles. The molecular weight excluding hydrogens is 210 g/mol. The third-order valence-electron chi connectivity index (χ3n) is 3.73. The van der Waals surface area contributed by atoms with Crippen LogP contribution in [-0.4, -0.2) is 17.6 Å². The molecule has 2 N–H and O–H groups in total. The molecular formula is C14H23N3. The summed E-state index contributed by atoms with van der Waals surface area (Å²) in [5.74, 6) is 1.93. The molecule has 0 aromatic carbocycles. The summed E-state index contributed by atoms with van der Waals surface area (Å²) in [7, 11) is 0. The number of anilines is 1. The summed E-state index contributed by atoms with van der Waals surface area (Å²) >= 11 is 0. The molecule has 94 valence electrons. The third-order valence-corrected chi connectivity index (χ3v) is 3.73. The molecule has 1 aliphatic rings. The first-order chi connectivity index (χ1) is 8.08. The van der Waals surface area contributed by atoms with Gasteiger partial charge in [-0.2, -0.15) is 0 Å². The molecule has 0 saturated carbocycles. The highest BCUT2D eigenvalue weighted by Crippen LogP contribution is 2.26. The van der Waals surface area contributed by atoms with Crippen molar-refractivity contribution < 1.29 is 0 Å². The molecule has 0 bridgehead atoms. The van der Waals surface area contributed by atoms with Crippen molar-refractivity contribution in [3.05, 3.63) is 23.9 Å². The Morgan fingerprint density at radius 2 is 2.18 bits per heavy atom. The van der Waals surface area contributed by atoms with Crippen LogP contribution in [0.25, 0.3) is 0 Å². The van der Waals surface area contributed by atoms with E-state index in [0.29, 0.717) is 6.04 Å². The predicted molar refractivity (Wildman–Crippen MR) is 72.0 cm³/mol. The molecule has 3 heteroatoms. The monoisotopic (exact) mass is 233 g/mol. The van der Waals surface area contributed by atoms with Crippen molar-refractivity contribution in [3.8, 4) is 0 Å². The molecule has 17 heavy (non-hydrogen) atoms. The van der Waals surface area contributed by atoms with Gasteiger partial charge in [-0.3, -0.25) is 0 Å². The molecule has 0 spiro atoms. The second-order valence-corrected chi connectivity index (χ2v) is 5.41. The van der Waals surface area contributed by atoms with Gasteiger partial charge in [-0.1, -0.05) is 13.0 Å². The Bertz CT molecular complexity index is 358. The molecule has 1 aromatic heterocycles. The van der Waals surface area contributed by atoms with E-state index in [1.54, 1.807) is 0 Å². The van der Waals surface area contributed by atoms with Gasteiger partial charge in [0.25, 0.3) is 0 Å². The Kier molecular flexibility index (Phi) is 3.67. The van der Waals surface area contributed by atoms with Crippen molar-refractivity contribution in [1.29, 1.82) is 0 Å². The lowest BCUT2D eigenvalue weighted by Crippen LogP contribution is -2.40. The smallest absolute Gasteiger partial charge is 0.128 e. The van der Waals surface area contributed by atoms with Gasteiger partial charge in [-0.05, 0) is 44.2 Å². The standard InChI is InChI=1S/C14H23N3/c1-10-6-7-17(11(2)8-10)14-5-4-13(9-16-14)12(3)15/h4-5,9-12H,6-8,15H2,1-3H3/t10?,11?,12-/m0/s1. The topological polar surface area (TPSA) is 42.1 Å². The molecule has 1 fully saturated rings. The Morgan fingerprint density at radius 1 is 1.41 bits per heavy atom. The van der Waals surface area contributed by atoms with E-state index in [9.17, 15) is 0 Å². The number of hydrogen-bond donors (Lipinski definition) is 1. The maximum Gasteiger partial charge on any atom is 0.128 e. The van der Waals surface area contributed by atoms with E-state index in [1.165, 1.54) is 12.8 Å². The summed E-state index contributed by atoms with van der Waals surface area (Å²) in [5.41, 5.74) is 6.94. The Balaban J connectivity index is 2.11. The fourth-order valence-electron chi connectivity index (χ4n) is 2.58. The number of pyridine rings is 1. The zero-order valence-electron chi connectivity index (χ0n) is 11.1. The van der Waals surface area contributed by atoms with E-state index >= 15 is 0 Å². The fourth-order valence-corrected chi connectivity index (χ4v) is 2.58. The molecule has 1 aliphatic heterocycles. The summed E-state index contributed by atoms with van der Waals surface area (Å²) in [6.45, 7) is 7.73. The highest BCUT2D eigenvalue weighted by atomic mass is 15.2. The van der Waals surface area contributed by atoms with Gasteiger partial charge in [0, 0.05) is 24.8 Å². The van der Waals surface area contributed by atoms with Crippen molar-refractivity contribution in [1.82, 2.24) is 4.98 Å². The Labute approximate surface area is 104 Å². The highest BCUT2D eigenvalue weighted by molar-refractivity contribution is 5.41. The van der Waals surface area contributed by atoms with Crippen LogP contribution in [0.3, 0.4) is 0 Å². The van der Waals surface area contributed by atoms with Crippen LogP contribution in [-0.2, 0) is 0 Å². The molecule has 3 nitrogen and oxygen atoms in total. The fraction of sp³-hybridized carbons (Fsp3) is 0.643. The molecule has 3 atom stereocenters. The van der Waals surface area contributed by atoms with E-state index in [0.717, 1.165) is 23.8 Å². The second kappa shape index (κ2) is 5.05. The minimum absolute atomic E-state index is 0.0651. The average molecular weight is 233 g/mol. The van der Waals surface area contributed by atoms with Crippen LogP contribution in [0.1, 0.15) is 45.2 Å². The van der Waals surface area contributed by atoms with Gasteiger partial charge in [-0.15, -0.1) is 0 Å². The summed E-state index contributed by atoms with van der Waals surface area (Å²) < 4.78 is 0.